The lowest BCUT2D eigenvalue weighted by Crippen LogP contribution is -2.23. The fourth-order valence-corrected chi connectivity index (χ4v) is 2.70. The van der Waals surface area contributed by atoms with E-state index < -0.39 is 0 Å². The predicted octanol–water partition coefficient (Wildman–Crippen LogP) is 2.92. The van der Waals surface area contributed by atoms with Crippen molar-refractivity contribution in [2.75, 3.05) is 31.2 Å². The summed E-state index contributed by atoms with van der Waals surface area (Å²) in [4.78, 5) is 0. The highest BCUT2D eigenvalue weighted by atomic mass is 32.2. The van der Waals surface area contributed by atoms with Crippen LogP contribution in [0.2, 0.25) is 0 Å². The van der Waals surface area contributed by atoms with E-state index in [4.69, 9.17) is 4.74 Å². The number of hydrogen-bond acceptors (Lipinski definition) is 3. The van der Waals surface area contributed by atoms with Gasteiger partial charge in [-0.1, -0.05) is 20.8 Å². The molecule has 0 aromatic heterocycles. The fraction of sp³-hybridized carbons (Fsp3) is 1.00. The number of thioether (sulfide) groups is 1. The van der Waals surface area contributed by atoms with Gasteiger partial charge in [0, 0.05) is 24.7 Å². The molecule has 0 aromatic carbocycles. The molecule has 96 valence electrons. The van der Waals surface area contributed by atoms with E-state index >= 15 is 0 Å². The average molecular weight is 245 g/mol. The van der Waals surface area contributed by atoms with Crippen molar-refractivity contribution >= 4 is 11.8 Å². The second-order valence-corrected chi connectivity index (χ2v) is 6.92. The van der Waals surface area contributed by atoms with E-state index in [1.807, 2.05) is 11.8 Å². The summed E-state index contributed by atoms with van der Waals surface area (Å²) in [5, 5.41) is 3.51. The molecular formula is C13H27NOS. The average Bonchev–Trinajstić information content (AvgIpc) is 2.67. The molecule has 0 aliphatic carbocycles. The number of rotatable bonds is 7. The maximum atomic E-state index is 5.58. The van der Waals surface area contributed by atoms with E-state index in [1.54, 1.807) is 0 Å². The third-order valence-electron chi connectivity index (χ3n) is 2.80. The van der Waals surface area contributed by atoms with Crippen LogP contribution in [-0.2, 0) is 4.74 Å². The lowest BCUT2D eigenvalue weighted by atomic mass is 9.92. The van der Waals surface area contributed by atoms with E-state index in [-0.39, 0.29) is 0 Å². The Balaban J connectivity index is 1.81. The molecule has 1 saturated heterocycles. The van der Waals surface area contributed by atoms with Crippen LogP contribution in [0.25, 0.3) is 0 Å². The standard InChI is InChI=1S/C13H27NOS/c1-13(2,3)6-7-14-8-10-16-11-12-5-4-9-15-12/h12,14H,4-11H2,1-3H3. The minimum Gasteiger partial charge on any atom is -0.377 e. The molecule has 1 N–H and O–H groups in total. The minimum atomic E-state index is 0.456. The Kier molecular flexibility index (Phi) is 6.78. The summed E-state index contributed by atoms with van der Waals surface area (Å²) < 4.78 is 5.58. The molecule has 1 atom stereocenters. The SMILES string of the molecule is CC(C)(C)CCNCCSCC1CCCO1. The Hall–Kier alpha value is 0.270. The van der Waals surface area contributed by atoms with Crippen LogP contribution in [0.15, 0.2) is 0 Å². The summed E-state index contributed by atoms with van der Waals surface area (Å²) in [7, 11) is 0. The van der Waals surface area contributed by atoms with Crippen molar-refractivity contribution < 1.29 is 4.74 Å². The van der Waals surface area contributed by atoms with E-state index in [1.165, 1.54) is 30.8 Å². The molecule has 0 aromatic rings. The Morgan fingerprint density at radius 2 is 2.12 bits per heavy atom. The van der Waals surface area contributed by atoms with Crippen LogP contribution in [-0.4, -0.2) is 37.3 Å². The van der Waals surface area contributed by atoms with E-state index in [0.29, 0.717) is 11.5 Å². The molecule has 0 amide bonds. The van der Waals surface area contributed by atoms with Crippen LogP contribution in [0, 0.1) is 5.41 Å². The summed E-state index contributed by atoms with van der Waals surface area (Å²) in [6.45, 7) is 10.1. The molecule has 1 heterocycles. The summed E-state index contributed by atoms with van der Waals surface area (Å²) in [5.41, 5.74) is 0.456. The molecule has 16 heavy (non-hydrogen) atoms. The zero-order chi connectivity index (χ0) is 11.9. The molecular weight excluding hydrogens is 218 g/mol. The van der Waals surface area contributed by atoms with E-state index in [0.717, 1.165) is 19.7 Å². The first-order valence-electron chi connectivity index (χ1n) is 6.48. The van der Waals surface area contributed by atoms with Crippen molar-refractivity contribution in [2.45, 2.75) is 46.1 Å². The first-order valence-corrected chi connectivity index (χ1v) is 7.63. The van der Waals surface area contributed by atoms with Crippen molar-refractivity contribution in [1.82, 2.24) is 5.32 Å². The van der Waals surface area contributed by atoms with Gasteiger partial charge in [0.15, 0.2) is 0 Å². The second-order valence-electron chi connectivity index (χ2n) is 5.77. The van der Waals surface area contributed by atoms with Crippen LogP contribution >= 0.6 is 11.8 Å². The largest absolute Gasteiger partial charge is 0.377 e. The van der Waals surface area contributed by atoms with Gasteiger partial charge >= 0.3 is 0 Å². The lowest BCUT2D eigenvalue weighted by Gasteiger charge is -2.18. The number of ether oxygens (including phenoxy) is 1. The topological polar surface area (TPSA) is 21.3 Å². The molecule has 0 saturated carbocycles. The van der Waals surface area contributed by atoms with E-state index in [9.17, 15) is 0 Å². The van der Waals surface area contributed by atoms with Crippen molar-refractivity contribution in [3.05, 3.63) is 0 Å². The Bertz CT molecular complexity index is 173. The molecule has 0 bridgehead atoms. The molecule has 1 aliphatic heterocycles. The minimum absolute atomic E-state index is 0.456. The maximum absolute atomic E-state index is 5.58. The van der Waals surface area contributed by atoms with Crippen molar-refractivity contribution in [3.8, 4) is 0 Å². The van der Waals surface area contributed by atoms with Crippen molar-refractivity contribution in [1.29, 1.82) is 0 Å². The van der Waals surface area contributed by atoms with Crippen LogP contribution in [0.3, 0.4) is 0 Å². The molecule has 3 heteroatoms. The predicted molar refractivity (Wildman–Crippen MR) is 73.2 cm³/mol. The molecule has 0 radical (unpaired) electrons. The summed E-state index contributed by atoms with van der Waals surface area (Å²) in [5.74, 6) is 2.39. The molecule has 1 rings (SSSR count). The zero-order valence-corrected chi connectivity index (χ0v) is 11.9. The van der Waals surface area contributed by atoms with Gasteiger partial charge < -0.3 is 10.1 Å². The summed E-state index contributed by atoms with van der Waals surface area (Å²) >= 11 is 2.02. The third kappa shape index (κ3) is 7.53. The van der Waals surface area contributed by atoms with Gasteiger partial charge in [-0.2, -0.15) is 11.8 Å². The Morgan fingerprint density at radius 1 is 1.31 bits per heavy atom. The summed E-state index contributed by atoms with van der Waals surface area (Å²) in [6.07, 6.45) is 4.32. The van der Waals surface area contributed by atoms with Gasteiger partial charge in [-0.25, -0.2) is 0 Å². The first-order chi connectivity index (χ1) is 7.58. The van der Waals surface area contributed by atoms with Crippen molar-refractivity contribution in [3.63, 3.8) is 0 Å². The Labute approximate surface area is 105 Å². The van der Waals surface area contributed by atoms with Crippen LogP contribution in [0.5, 0.6) is 0 Å². The molecule has 1 aliphatic rings. The fourth-order valence-electron chi connectivity index (χ4n) is 1.72. The smallest absolute Gasteiger partial charge is 0.0666 e. The third-order valence-corrected chi connectivity index (χ3v) is 3.90. The molecule has 1 fully saturated rings. The first kappa shape index (κ1) is 14.3. The molecule has 2 nitrogen and oxygen atoms in total. The van der Waals surface area contributed by atoms with Crippen LogP contribution < -0.4 is 5.32 Å². The van der Waals surface area contributed by atoms with Crippen LogP contribution in [0.1, 0.15) is 40.0 Å². The highest BCUT2D eigenvalue weighted by Gasteiger charge is 2.14. The zero-order valence-electron chi connectivity index (χ0n) is 11.1. The summed E-state index contributed by atoms with van der Waals surface area (Å²) in [6, 6.07) is 0. The normalized spacial score (nSPS) is 21.6. The second kappa shape index (κ2) is 7.57. The number of nitrogens with one attached hydrogen (secondary N) is 1. The molecule has 1 unspecified atom stereocenters. The van der Waals surface area contributed by atoms with Gasteiger partial charge in [0.25, 0.3) is 0 Å². The maximum Gasteiger partial charge on any atom is 0.0666 e. The molecule has 0 spiro atoms. The quantitative estimate of drug-likeness (QED) is 0.697. The van der Waals surface area contributed by atoms with Crippen molar-refractivity contribution in [2.24, 2.45) is 5.41 Å². The monoisotopic (exact) mass is 245 g/mol. The highest BCUT2D eigenvalue weighted by Crippen LogP contribution is 2.17. The van der Waals surface area contributed by atoms with Crippen LogP contribution in [0.4, 0.5) is 0 Å². The van der Waals surface area contributed by atoms with E-state index in [2.05, 4.69) is 26.1 Å². The van der Waals surface area contributed by atoms with Gasteiger partial charge in [-0.3, -0.25) is 0 Å². The van der Waals surface area contributed by atoms with Gasteiger partial charge in [0.2, 0.25) is 0 Å². The van der Waals surface area contributed by atoms with Gasteiger partial charge in [-0.05, 0) is 31.2 Å². The lowest BCUT2D eigenvalue weighted by molar-refractivity contribution is 0.129. The van der Waals surface area contributed by atoms with Gasteiger partial charge in [-0.15, -0.1) is 0 Å². The van der Waals surface area contributed by atoms with Gasteiger partial charge in [0.05, 0.1) is 6.10 Å². The highest BCUT2D eigenvalue weighted by molar-refractivity contribution is 7.99. The van der Waals surface area contributed by atoms with Gasteiger partial charge in [0.1, 0.15) is 0 Å². The Morgan fingerprint density at radius 3 is 2.75 bits per heavy atom. The number of hydrogen-bond donors (Lipinski definition) is 1.